The fourth-order valence-corrected chi connectivity index (χ4v) is 1.58. The van der Waals surface area contributed by atoms with Crippen LogP contribution in [0.4, 0.5) is 10.5 Å². The van der Waals surface area contributed by atoms with Crippen molar-refractivity contribution in [2.75, 3.05) is 18.9 Å². The Kier molecular flexibility index (Phi) is 5.32. The van der Waals surface area contributed by atoms with Crippen molar-refractivity contribution in [3.63, 3.8) is 0 Å². The molecule has 6 nitrogen and oxygen atoms in total. The van der Waals surface area contributed by atoms with E-state index in [0.29, 0.717) is 11.3 Å². The first kappa shape index (κ1) is 15.0. The van der Waals surface area contributed by atoms with E-state index >= 15 is 0 Å². The summed E-state index contributed by atoms with van der Waals surface area (Å²) in [4.78, 5) is 23.6. The fraction of sp³-hybridized carbons (Fsp3) is 0.385. The second-order valence-corrected chi connectivity index (χ2v) is 4.43. The van der Waals surface area contributed by atoms with Gasteiger partial charge in [-0.25, -0.2) is 4.79 Å². The number of amides is 2. The minimum absolute atomic E-state index is 0.0455. The van der Waals surface area contributed by atoms with E-state index in [2.05, 4.69) is 5.32 Å². The van der Waals surface area contributed by atoms with Gasteiger partial charge in [0.25, 0.3) is 0 Å². The molecule has 0 bridgehead atoms. The van der Waals surface area contributed by atoms with E-state index in [1.54, 1.807) is 38.2 Å². The highest BCUT2D eigenvalue weighted by Gasteiger charge is 2.10. The number of aliphatic hydroxyl groups is 1. The van der Waals surface area contributed by atoms with E-state index in [1.165, 1.54) is 4.90 Å². The Morgan fingerprint density at radius 1 is 1.32 bits per heavy atom. The smallest absolute Gasteiger partial charge is 0.321 e. The van der Waals surface area contributed by atoms with Gasteiger partial charge in [-0.05, 0) is 24.6 Å². The molecule has 1 atom stereocenters. The number of carboxylic acids is 1. The van der Waals surface area contributed by atoms with Gasteiger partial charge in [0.1, 0.15) is 0 Å². The lowest BCUT2D eigenvalue weighted by Crippen LogP contribution is -2.36. The van der Waals surface area contributed by atoms with E-state index in [-0.39, 0.29) is 19.0 Å². The molecule has 1 unspecified atom stereocenters. The number of carbonyl (C=O) groups excluding carboxylic acids is 1. The number of nitrogens with zero attached hydrogens (tertiary/aromatic N) is 1. The van der Waals surface area contributed by atoms with Crippen LogP contribution in [-0.2, 0) is 11.2 Å². The van der Waals surface area contributed by atoms with Gasteiger partial charge in [-0.2, -0.15) is 0 Å². The van der Waals surface area contributed by atoms with Crippen molar-refractivity contribution in [2.24, 2.45) is 0 Å². The van der Waals surface area contributed by atoms with Crippen LogP contribution in [0.15, 0.2) is 24.3 Å². The monoisotopic (exact) mass is 266 g/mol. The molecule has 6 heteroatoms. The van der Waals surface area contributed by atoms with Crippen molar-refractivity contribution in [1.29, 1.82) is 0 Å². The predicted octanol–water partition coefficient (Wildman–Crippen LogP) is 1.16. The van der Waals surface area contributed by atoms with Gasteiger partial charge in [-0.15, -0.1) is 0 Å². The molecule has 0 saturated carbocycles. The Morgan fingerprint density at radius 2 is 1.89 bits per heavy atom. The second-order valence-electron chi connectivity index (χ2n) is 4.43. The van der Waals surface area contributed by atoms with Crippen molar-refractivity contribution in [1.82, 2.24) is 4.90 Å². The maximum Gasteiger partial charge on any atom is 0.321 e. The molecule has 1 aromatic carbocycles. The Hall–Kier alpha value is -2.08. The quantitative estimate of drug-likeness (QED) is 0.746. The van der Waals surface area contributed by atoms with E-state index in [0.717, 1.165) is 0 Å². The van der Waals surface area contributed by atoms with Crippen LogP contribution < -0.4 is 5.32 Å². The summed E-state index contributed by atoms with van der Waals surface area (Å²) in [5.41, 5.74) is 1.25. The number of likely N-dealkylation sites (N-methyl/N-ethyl adjacent to an activating group) is 1. The molecule has 1 rings (SSSR count). The molecule has 0 aliphatic heterocycles. The van der Waals surface area contributed by atoms with Gasteiger partial charge >= 0.3 is 12.0 Å². The summed E-state index contributed by atoms with van der Waals surface area (Å²) in [5, 5.41) is 20.5. The third-order valence-electron chi connectivity index (χ3n) is 2.45. The number of anilines is 1. The standard InChI is InChI=1S/C13H18N2O4/c1-9(16)8-15(2)13(19)14-11-5-3-10(4-6-11)7-12(17)18/h3-6,9,16H,7-8H2,1-2H3,(H,14,19)(H,17,18). The first-order chi connectivity index (χ1) is 8.88. The van der Waals surface area contributed by atoms with Crippen LogP contribution >= 0.6 is 0 Å². The number of benzene rings is 1. The minimum Gasteiger partial charge on any atom is -0.481 e. The topological polar surface area (TPSA) is 89.9 Å². The zero-order chi connectivity index (χ0) is 14.4. The van der Waals surface area contributed by atoms with Crippen molar-refractivity contribution < 1.29 is 19.8 Å². The summed E-state index contributed by atoms with van der Waals surface area (Å²) in [6.07, 6.45) is -0.635. The number of aliphatic carboxylic acids is 1. The second kappa shape index (κ2) is 6.75. The first-order valence-corrected chi connectivity index (χ1v) is 5.89. The maximum atomic E-state index is 11.7. The number of aliphatic hydroxyl groups excluding tert-OH is 1. The van der Waals surface area contributed by atoms with Gasteiger partial charge in [0.05, 0.1) is 12.5 Å². The van der Waals surface area contributed by atoms with Gasteiger partial charge in [0.15, 0.2) is 0 Å². The van der Waals surface area contributed by atoms with Gasteiger partial charge < -0.3 is 20.4 Å². The molecule has 0 saturated heterocycles. The van der Waals surface area contributed by atoms with E-state index in [9.17, 15) is 14.7 Å². The van der Waals surface area contributed by atoms with Crippen LogP contribution in [0.5, 0.6) is 0 Å². The zero-order valence-corrected chi connectivity index (χ0v) is 11.0. The van der Waals surface area contributed by atoms with Crippen LogP contribution in [0, 0.1) is 0 Å². The van der Waals surface area contributed by atoms with Crippen molar-refractivity contribution in [3.8, 4) is 0 Å². The van der Waals surface area contributed by atoms with Crippen LogP contribution in [0.3, 0.4) is 0 Å². The molecule has 1 aromatic rings. The fourth-order valence-electron chi connectivity index (χ4n) is 1.58. The molecule has 0 aromatic heterocycles. The zero-order valence-electron chi connectivity index (χ0n) is 11.0. The normalized spacial score (nSPS) is 11.7. The Labute approximate surface area is 111 Å². The van der Waals surface area contributed by atoms with Gasteiger partial charge in [0, 0.05) is 19.3 Å². The van der Waals surface area contributed by atoms with Gasteiger partial charge in [0.2, 0.25) is 0 Å². The number of hydrogen-bond acceptors (Lipinski definition) is 3. The lowest BCUT2D eigenvalue weighted by Gasteiger charge is -2.19. The van der Waals surface area contributed by atoms with Crippen LogP contribution in [0.25, 0.3) is 0 Å². The summed E-state index contributed by atoms with van der Waals surface area (Å²) in [6.45, 7) is 1.84. The largest absolute Gasteiger partial charge is 0.481 e. The average molecular weight is 266 g/mol. The molecule has 0 radical (unpaired) electrons. The van der Waals surface area contributed by atoms with Crippen molar-refractivity contribution in [2.45, 2.75) is 19.4 Å². The Bertz CT molecular complexity index is 442. The van der Waals surface area contributed by atoms with E-state index in [4.69, 9.17) is 5.11 Å². The van der Waals surface area contributed by atoms with Crippen LogP contribution in [0.1, 0.15) is 12.5 Å². The summed E-state index contributed by atoms with van der Waals surface area (Å²) in [5.74, 6) is -0.895. The molecular formula is C13H18N2O4. The van der Waals surface area contributed by atoms with Crippen LogP contribution in [0.2, 0.25) is 0 Å². The lowest BCUT2D eigenvalue weighted by molar-refractivity contribution is -0.136. The highest BCUT2D eigenvalue weighted by atomic mass is 16.4. The summed E-state index contributed by atoms with van der Waals surface area (Å²) < 4.78 is 0. The number of rotatable bonds is 5. The highest BCUT2D eigenvalue weighted by molar-refractivity contribution is 5.89. The number of carbonyl (C=O) groups is 2. The Balaban J connectivity index is 2.57. The molecular weight excluding hydrogens is 248 g/mol. The highest BCUT2D eigenvalue weighted by Crippen LogP contribution is 2.10. The summed E-state index contributed by atoms with van der Waals surface area (Å²) >= 11 is 0. The number of nitrogens with one attached hydrogen (secondary N) is 1. The third kappa shape index (κ3) is 5.39. The lowest BCUT2D eigenvalue weighted by atomic mass is 10.1. The molecule has 2 amide bonds. The van der Waals surface area contributed by atoms with E-state index in [1.807, 2.05) is 0 Å². The average Bonchev–Trinajstić information content (AvgIpc) is 2.30. The molecule has 104 valence electrons. The molecule has 0 spiro atoms. The number of hydrogen-bond donors (Lipinski definition) is 3. The molecule has 0 heterocycles. The van der Waals surface area contributed by atoms with Gasteiger partial charge in [-0.1, -0.05) is 12.1 Å². The maximum absolute atomic E-state index is 11.7. The first-order valence-electron chi connectivity index (χ1n) is 5.89. The molecule has 0 fully saturated rings. The number of urea groups is 1. The molecule has 0 aliphatic carbocycles. The van der Waals surface area contributed by atoms with Crippen molar-refractivity contribution in [3.05, 3.63) is 29.8 Å². The van der Waals surface area contributed by atoms with Crippen LogP contribution in [-0.4, -0.2) is 46.8 Å². The summed E-state index contributed by atoms with van der Waals surface area (Å²) in [7, 11) is 1.58. The molecule has 19 heavy (non-hydrogen) atoms. The summed E-state index contributed by atoms with van der Waals surface area (Å²) in [6, 6.07) is 6.27. The minimum atomic E-state index is -0.895. The van der Waals surface area contributed by atoms with Crippen molar-refractivity contribution >= 4 is 17.7 Å². The molecule has 3 N–H and O–H groups in total. The van der Waals surface area contributed by atoms with Gasteiger partial charge in [-0.3, -0.25) is 4.79 Å². The third-order valence-corrected chi connectivity index (χ3v) is 2.45. The van der Waals surface area contributed by atoms with E-state index < -0.39 is 12.1 Å². The Morgan fingerprint density at radius 3 is 2.37 bits per heavy atom. The SMILES string of the molecule is CC(O)CN(C)C(=O)Nc1ccc(CC(=O)O)cc1. The molecule has 0 aliphatic rings. The number of carboxylic acid groups (broad SMARTS) is 1. The predicted molar refractivity (Wildman–Crippen MR) is 71.1 cm³/mol.